The molecule has 0 spiro atoms. The summed E-state index contributed by atoms with van der Waals surface area (Å²) in [5.74, 6) is 1.11. The highest BCUT2D eigenvalue weighted by Gasteiger charge is 2.32. The third-order valence-electron chi connectivity index (χ3n) is 4.67. The molecular formula is C18H19N3O6S2. The fraction of sp³-hybridized carbons (Fsp3) is 0.278. The molecular weight excluding hydrogens is 418 g/mol. The van der Waals surface area contributed by atoms with Crippen LogP contribution >= 0.6 is 0 Å². The Hall–Kier alpha value is -2.79. The number of methoxy groups -OCH3 is 1. The highest BCUT2D eigenvalue weighted by molar-refractivity contribution is 7.92. The molecule has 3 heterocycles. The molecule has 1 aliphatic rings. The number of anilines is 1. The summed E-state index contributed by atoms with van der Waals surface area (Å²) in [7, 11) is -5.61. The van der Waals surface area contributed by atoms with Crippen LogP contribution in [0.15, 0.2) is 58.0 Å². The number of nitrogens with zero attached hydrogens (tertiary/aromatic N) is 2. The predicted molar refractivity (Wildman–Crippen MR) is 106 cm³/mol. The van der Waals surface area contributed by atoms with Crippen molar-refractivity contribution in [1.82, 2.24) is 9.78 Å². The molecule has 1 N–H and O–H groups in total. The number of hydrogen-bond acceptors (Lipinski definition) is 7. The highest BCUT2D eigenvalue weighted by atomic mass is 32.2. The third kappa shape index (κ3) is 4.01. The van der Waals surface area contributed by atoms with Crippen LogP contribution < -0.4 is 9.46 Å². The smallest absolute Gasteiger partial charge is 0.263 e. The van der Waals surface area contributed by atoms with Crippen LogP contribution in [0.3, 0.4) is 0 Å². The minimum absolute atomic E-state index is 0.0400. The average Bonchev–Trinajstić information content (AvgIpc) is 3.41. The van der Waals surface area contributed by atoms with E-state index in [-0.39, 0.29) is 22.2 Å². The lowest BCUT2D eigenvalue weighted by molar-refractivity contribution is 0.414. The topological polar surface area (TPSA) is 120 Å². The van der Waals surface area contributed by atoms with Gasteiger partial charge in [0.25, 0.3) is 10.0 Å². The maximum atomic E-state index is 12.9. The van der Waals surface area contributed by atoms with Gasteiger partial charge in [-0.2, -0.15) is 5.10 Å². The standard InChI is InChI=1S/C18H19N3O6S2/c1-26-14-4-6-15(7-5-14)29(24,25)20-18-11-16(17-3-2-9-27-17)19-21(18)13-8-10-28(22,23)12-13/h2-7,9,11,13,20H,8,10,12H2,1H3/t13-/m1/s1. The molecule has 3 aromatic rings. The lowest BCUT2D eigenvalue weighted by atomic mass is 10.3. The van der Waals surface area contributed by atoms with Gasteiger partial charge in [-0.15, -0.1) is 0 Å². The Morgan fingerprint density at radius 3 is 2.59 bits per heavy atom. The molecule has 154 valence electrons. The van der Waals surface area contributed by atoms with Gasteiger partial charge < -0.3 is 9.15 Å². The molecule has 1 saturated heterocycles. The van der Waals surface area contributed by atoms with Crippen molar-refractivity contribution in [2.24, 2.45) is 0 Å². The summed E-state index contributed by atoms with van der Waals surface area (Å²) in [5, 5.41) is 4.42. The van der Waals surface area contributed by atoms with Gasteiger partial charge in [-0.1, -0.05) is 0 Å². The zero-order valence-corrected chi connectivity index (χ0v) is 17.1. The molecule has 1 aliphatic heterocycles. The summed E-state index contributed by atoms with van der Waals surface area (Å²) in [4.78, 5) is 0.0460. The Labute approximate surface area is 168 Å². The van der Waals surface area contributed by atoms with Crippen molar-refractivity contribution in [1.29, 1.82) is 0 Å². The second-order valence-electron chi connectivity index (χ2n) is 6.67. The van der Waals surface area contributed by atoms with Crippen molar-refractivity contribution in [3.63, 3.8) is 0 Å². The fourth-order valence-corrected chi connectivity index (χ4v) is 5.95. The highest BCUT2D eigenvalue weighted by Crippen LogP contribution is 2.31. The summed E-state index contributed by atoms with van der Waals surface area (Å²) >= 11 is 0. The number of sulfone groups is 1. The van der Waals surface area contributed by atoms with E-state index in [0.29, 0.717) is 23.6 Å². The number of nitrogens with one attached hydrogen (secondary N) is 1. The van der Waals surface area contributed by atoms with Crippen LogP contribution in [0.4, 0.5) is 5.82 Å². The minimum atomic E-state index is -3.92. The van der Waals surface area contributed by atoms with E-state index in [9.17, 15) is 16.8 Å². The molecule has 0 unspecified atom stereocenters. The second-order valence-corrected chi connectivity index (χ2v) is 10.6. The van der Waals surface area contributed by atoms with Crippen LogP contribution in [-0.2, 0) is 19.9 Å². The van der Waals surface area contributed by atoms with Gasteiger partial charge in [0.1, 0.15) is 17.3 Å². The molecule has 0 amide bonds. The van der Waals surface area contributed by atoms with E-state index in [0.717, 1.165) is 0 Å². The van der Waals surface area contributed by atoms with Gasteiger partial charge >= 0.3 is 0 Å². The van der Waals surface area contributed by atoms with E-state index in [1.165, 1.54) is 36.3 Å². The number of ether oxygens (including phenoxy) is 1. The molecule has 9 nitrogen and oxygen atoms in total. The number of rotatable bonds is 6. The fourth-order valence-electron chi connectivity index (χ4n) is 3.21. The lowest BCUT2D eigenvalue weighted by Crippen LogP contribution is -2.20. The molecule has 1 fully saturated rings. The molecule has 4 rings (SSSR count). The van der Waals surface area contributed by atoms with Crippen molar-refractivity contribution >= 4 is 25.7 Å². The van der Waals surface area contributed by atoms with Gasteiger partial charge in [0.05, 0.1) is 35.8 Å². The maximum Gasteiger partial charge on any atom is 0.263 e. The molecule has 11 heteroatoms. The number of hydrogen-bond donors (Lipinski definition) is 1. The molecule has 0 bridgehead atoms. The van der Waals surface area contributed by atoms with Crippen molar-refractivity contribution in [3.8, 4) is 17.2 Å². The Morgan fingerprint density at radius 1 is 1.24 bits per heavy atom. The first kappa shape index (κ1) is 19.5. The van der Waals surface area contributed by atoms with E-state index in [2.05, 4.69) is 9.82 Å². The molecule has 1 atom stereocenters. The lowest BCUT2D eigenvalue weighted by Gasteiger charge is -2.14. The Bertz CT molecular complexity index is 1210. The molecule has 0 saturated carbocycles. The second kappa shape index (κ2) is 7.23. The van der Waals surface area contributed by atoms with Crippen LogP contribution in [-0.4, -0.2) is 45.2 Å². The Kier molecular flexibility index (Phi) is 4.87. The summed E-state index contributed by atoms with van der Waals surface area (Å²) in [6, 6.07) is 10.4. The number of benzene rings is 1. The van der Waals surface area contributed by atoms with E-state index in [1.54, 1.807) is 24.3 Å². The quantitative estimate of drug-likeness (QED) is 0.628. The Balaban J connectivity index is 1.71. The normalized spacial score (nSPS) is 18.6. The zero-order valence-electron chi connectivity index (χ0n) is 15.5. The molecule has 29 heavy (non-hydrogen) atoms. The van der Waals surface area contributed by atoms with E-state index < -0.39 is 25.9 Å². The molecule has 0 aliphatic carbocycles. The van der Waals surface area contributed by atoms with Crippen molar-refractivity contribution < 1.29 is 26.0 Å². The monoisotopic (exact) mass is 437 g/mol. The van der Waals surface area contributed by atoms with Crippen molar-refractivity contribution in [2.45, 2.75) is 17.4 Å². The SMILES string of the molecule is COc1ccc(S(=O)(=O)Nc2cc(-c3ccco3)nn2[C@@H]2CCS(=O)(=O)C2)cc1. The van der Waals surface area contributed by atoms with Gasteiger partial charge in [-0.25, -0.2) is 21.5 Å². The van der Waals surface area contributed by atoms with E-state index in [4.69, 9.17) is 9.15 Å². The summed E-state index contributed by atoms with van der Waals surface area (Å²) in [6.45, 7) is 0. The summed E-state index contributed by atoms with van der Waals surface area (Å²) < 4.78 is 63.9. The molecule has 2 aromatic heterocycles. The predicted octanol–water partition coefficient (Wildman–Crippen LogP) is 2.31. The van der Waals surface area contributed by atoms with Crippen LogP contribution in [0.1, 0.15) is 12.5 Å². The average molecular weight is 437 g/mol. The molecule has 0 radical (unpaired) electrons. The summed E-state index contributed by atoms with van der Waals surface area (Å²) in [5.41, 5.74) is 0.409. The zero-order chi connectivity index (χ0) is 20.6. The maximum absolute atomic E-state index is 12.9. The summed E-state index contributed by atoms with van der Waals surface area (Å²) in [6.07, 6.45) is 1.84. The first-order chi connectivity index (χ1) is 13.8. The van der Waals surface area contributed by atoms with Crippen LogP contribution in [0.25, 0.3) is 11.5 Å². The van der Waals surface area contributed by atoms with Crippen LogP contribution in [0, 0.1) is 0 Å². The van der Waals surface area contributed by atoms with Crippen molar-refractivity contribution in [3.05, 3.63) is 48.7 Å². The van der Waals surface area contributed by atoms with Crippen LogP contribution in [0.5, 0.6) is 5.75 Å². The first-order valence-corrected chi connectivity index (χ1v) is 12.1. The molecule has 1 aromatic carbocycles. The van der Waals surface area contributed by atoms with Gasteiger partial charge in [-0.05, 0) is 42.8 Å². The van der Waals surface area contributed by atoms with Gasteiger partial charge in [0.15, 0.2) is 15.6 Å². The third-order valence-corrected chi connectivity index (χ3v) is 7.79. The van der Waals surface area contributed by atoms with Gasteiger partial charge in [0, 0.05) is 6.07 Å². The van der Waals surface area contributed by atoms with Crippen molar-refractivity contribution in [2.75, 3.05) is 23.3 Å². The van der Waals surface area contributed by atoms with E-state index in [1.807, 2.05) is 0 Å². The number of sulfonamides is 1. The largest absolute Gasteiger partial charge is 0.497 e. The van der Waals surface area contributed by atoms with Gasteiger partial charge in [0.2, 0.25) is 0 Å². The first-order valence-electron chi connectivity index (χ1n) is 8.78. The van der Waals surface area contributed by atoms with E-state index >= 15 is 0 Å². The number of furan rings is 1. The van der Waals surface area contributed by atoms with Gasteiger partial charge in [-0.3, -0.25) is 4.72 Å². The number of aromatic nitrogens is 2. The Morgan fingerprint density at radius 2 is 2.00 bits per heavy atom. The minimum Gasteiger partial charge on any atom is -0.497 e. The van der Waals surface area contributed by atoms with Crippen LogP contribution in [0.2, 0.25) is 0 Å².